The van der Waals surface area contributed by atoms with Crippen molar-refractivity contribution in [3.05, 3.63) is 41.5 Å². The number of aromatic nitrogens is 2. The lowest BCUT2D eigenvalue weighted by molar-refractivity contribution is 0.357. The van der Waals surface area contributed by atoms with Crippen LogP contribution in [0.4, 0.5) is 0 Å². The van der Waals surface area contributed by atoms with Gasteiger partial charge in [0.15, 0.2) is 5.82 Å². The molecule has 0 aliphatic carbocycles. The molecule has 0 bridgehead atoms. The van der Waals surface area contributed by atoms with Crippen LogP contribution in [0.5, 0.6) is 5.75 Å². The molecule has 0 aliphatic rings. The van der Waals surface area contributed by atoms with Gasteiger partial charge in [-0.25, -0.2) is 0 Å². The average Bonchev–Trinajstić information content (AvgIpc) is 2.92. The third kappa shape index (κ3) is 4.56. The quantitative estimate of drug-likeness (QED) is 0.809. The molecule has 1 atom stereocenters. The van der Waals surface area contributed by atoms with Gasteiger partial charge in [-0.2, -0.15) is 4.98 Å². The molecule has 1 unspecified atom stereocenters. The SMILES string of the molecule is CCCNC(C)Cc1nc(Cc2ccccc2OC)no1. The predicted octanol–water partition coefficient (Wildman–Crippen LogP) is 2.60. The molecule has 2 aromatic rings. The average molecular weight is 289 g/mol. The molecule has 5 heteroatoms. The molecule has 21 heavy (non-hydrogen) atoms. The first-order valence-corrected chi connectivity index (χ1v) is 7.39. The van der Waals surface area contributed by atoms with Gasteiger partial charge in [-0.05, 0) is 26.0 Å². The van der Waals surface area contributed by atoms with Gasteiger partial charge in [0, 0.05) is 24.4 Å². The highest BCUT2D eigenvalue weighted by Crippen LogP contribution is 2.19. The monoisotopic (exact) mass is 289 g/mol. The summed E-state index contributed by atoms with van der Waals surface area (Å²) in [7, 11) is 1.67. The van der Waals surface area contributed by atoms with E-state index in [9.17, 15) is 0 Å². The van der Waals surface area contributed by atoms with Crippen molar-refractivity contribution < 1.29 is 9.26 Å². The van der Waals surface area contributed by atoms with Crippen LogP contribution in [-0.4, -0.2) is 29.8 Å². The molecule has 2 rings (SSSR count). The summed E-state index contributed by atoms with van der Waals surface area (Å²) in [4.78, 5) is 4.46. The smallest absolute Gasteiger partial charge is 0.228 e. The van der Waals surface area contributed by atoms with Gasteiger partial charge in [0.05, 0.1) is 7.11 Å². The third-order valence-corrected chi connectivity index (χ3v) is 3.27. The maximum Gasteiger partial charge on any atom is 0.228 e. The van der Waals surface area contributed by atoms with Gasteiger partial charge in [0.1, 0.15) is 5.75 Å². The summed E-state index contributed by atoms with van der Waals surface area (Å²) in [6.45, 7) is 5.28. The van der Waals surface area contributed by atoms with Crippen molar-refractivity contribution in [1.29, 1.82) is 0 Å². The summed E-state index contributed by atoms with van der Waals surface area (Å²) in [6, 6.07) is 8.22. The number of methoxy groups -OCH3 is 1. The predicted molar refractivity (Wildman–Crippen MR) is 81.6 cm³/mol. The van der Waals surface area contributed by atoms with Gasteiger partial charge in [-0.3, -0.25) is 0 Å². The van der Waals surface area contributed by atoms with Crippen LogP contribution in [0.3, 0.4) is 0 Å². The minimum absolute atomic E-state index is 0.338. The molecular weight excluding hydrogens is 266 g/mol. The van der Waals surface area contributed by atoms with E-state index in [1.165, 1.54) is 0 Å². The molecule has 0 aliphatic heterocycles. The molecule has 1 heterocycles. The highest BCUT2D eigenvalue weighted by molar-refractivity contribution is 5.35. The Balaban J connectivity index is 1.96. The molecule has 0 fully saturated rings. The Morgan fingerprint density at radius 2 is 2.14 bits per heavy atom. The zero-order valence-corrected chi connectivity index (χ0v) is 12.9. The Hall–Kier alpha value is -1.88. The van der Waals surface area contributed by atoms with Crippen molar-refractivity contribution in [3.63, 3.8) is 0 Å². The summed E-state index contributed by atoms with van der Waals surface area (Å²) in [6.07, 6.45) is 2.48. The van der Waals surface area contributed by atoms with E-state index in [1.807, 2.05) is 24.3 Å². The van der Waals surface area contributed by atoms with E-state index in [4.69, 9.17) is 9.26 Å². The van der Waals surface area contributed by atoms with Crippen molar-refractivity contribution in [1.82, 2.24) is 15.5 Å². The largest absolute Gasteiger partial charge is 0.496 e. The maximum absolute atomic E-state index is 5.34. The van der Waals surface area contributed by atoms with Gasteiger partial charge >= 0.3 is 0 Å². The number of ether oxygens (including phenoxy) is 1. The first-order chi connectivity index (χ1) is 10.2. The minimum atomic E-state index is 0.338. The highest BCUT2D eigenvalue weighted by atomic mass is 16.5. The van der Waals surface area contributed by atoms with Crippen molar-refractivity contribution in [2.75, 3.05) is 13.7 Å². The normalized spacial score (nSPS) is 12.3. The van der Waals surface area contributed by atoms with Crippen LogP contribution in [0.2, 0.25) is 0 Å². The summed E-state index contributed by atoms with van der Waals surface area (Å²) >= 11 is 0. The summed E-state index contributed by atoms with van der Waals surface area (Å²) in [5.41, 5.74) is 1.06. The van der Waals surface area contributed by atoms with Crippen LogP contribution in [0, 0.1) is 0 Å². The molecule has 5 nitrogen and oxygen atoms in total. The Morgan fingerprint density at radius 3 is 2.90 bits per heavy atom. The maximum atomic E-state index is 5.34. The lowest BCUT2D eigenvalue weighted by Crippen LogP contribution is -2.28. The van der Waals surface area contributed by atoms with Gasteiger partial charge in [0.25, 0.3) is 0 Å². The van der Waals surface area contributed by atoms with E-state index in [0.717, 1.165) is 30.7 Å². The fraction of sp³-hybridized carbons (Fsp3) is 0.500. The van der Waals surface area contributed by atoms with Crippen LogP contribution in [0.1, 0.15) is 37.5 Å². The van der Waals surface area contributed by atoms with E-state index in [2.05, 4.69) is 29.3 Å². The summed E-state index contributed by atoms with van der Waals surface area (Å²) in [5, 5.41) is 7.46. The third-order valence-electron chi connectivity index (χ3n) is 3.27. The van der Waals surface area contributed by atoms with E-state index >= 15 is 0 Å². The number of hydrogen-bond acceptors (Lipinski definition) is 5. The molecule has 0 radical (unpaired) electrons. The van der Waals surface area contributed by atoms with Crippen molar-refractivity contribution >= 4 is 0 Å². The Labute approximate surface area is 125 Å². The molecule has 114 valence electrons. The Kier molecular flexibility index (Phi) is 5.75. The number of para-hydroxylation sites is 1. The molecule has 1 N–H and O–H groups in total. The molecule has 0 spiro atoms. The zero-order valence-electron chi connectivity index (χ0n) is 12.9. The second kappa shape index (κ2) is 7.78. The molecule has 0 saturated heterocycles. The van der Waals surface area contributed by atoms with Crippen molar-refractivity contribution in [2.45, 2.75) is 39.2 Å². The van der Waals surface area contributed by atoms with E-state index in [-0.39, 0.29) is 0 Å². The second-order valence-corrected chi connectivity index (χ2v) is 5.15. The highest BCUT2D eigenvalue weighted by Gasteiger charge is 2.12. The van der Waals surface area contributed by atoms with E-state index < -0.39 is 0 Å². The lowest BCUT2D eigenvalue weighted by atomic mass is 10.1. The lowest BCUT2D eigenvalue weighted by Gasteiger charge is -2.09. The fourth-order valence-corrected chi connectivity index (χ4v) is 2.19. The standard InChI is InChI=1S/C16H23N3O2/c1-4-9-17-12(2)10-16-18-15(19-21-16)11-13-7-5-6-8-14(13)20-3/h5-8,12,17H,4,9-11H2,1-3H3. The van der Waals surface area contributed by atoms with E-state index in [1.54, 1.807) is 7.11 Å². The van der Waals surface area contributed by atoms with Crippen LogP contribution < -0.4 is 10.1 Å². The molecular formula is C16H23N3O2. The molecule has 0 amide bonds. The topological polar surface area (TPSA) is 60.2 Å². The van der Waals surface area contributed by atoms with E-state index in [0.29, 0.717) is 24.2 Å². The zero-order chi connectivity index (χ0) is 15.1. The second-order valence-electron chi connectivity index (χ2n) is 5.15. The van der Waals surface area contributed by atoms with Gasteiger partial charge < -0.3 is 14.6 Å². The van der Waals surface area contributed by atoms with Crippen LogP contribution >= 0.6 is 0 Å². The first-order valence-electron chi connectivity index (χ1n) is 7.39. The molecule has 1 aromatic carbocycles. The Bertz CT molecular complexity index is 554. The molecule has 1 aromatic heterocycles. The number of nitrogens with one attached hydrogen (secondary N) is 1. The number of nitrogens with zero attached hydrogens (tertiary/aromatic N) is 2. The fourth-order valence-electron chi connectivity index (χ4n) is 2.19. The molecule has 0 saturated carbocycles. The van der Waals surface area contributed by atoms with Crippen molar-refractivity contribution in [2.24, 2.45) is 0 Å². The van der Waals surface area contributed by atoms with Crippen molar-refractivity contribution in [3.8, 4) is 5.75 Å². The number of benzene rings is 1. The van der Waals surface area contributed by atoms with Crippen LogP contribution in [0.25, 0.3) is 0 Å². The summed E-state index contributed by atoms with van der Waals surface area (Å²) in [5.74, 6) is 2.22. The van der Waals surface area contributed by atoms with Gasteiger partial charge in [-0.1, -0.05) is 30.3 Å². The van der Waals surface area contributed by atoms with Crippen LogP contribution in [0.15, 0.2) is 28.8 Å². The van der Waals surface area contributed by atoms with Crippen LogP contribution in [-0.2, 0) is 12.8 Å². The first kappa shape index (κ1) is 15.5. The minimum Gasteiger partial charge on any atom is -0.496 e. The number of hydrogen-bond donors (Lipinski definition) is 1. The van der Waals surface area contributed by atoms with Gasteiger partial charge in [-0.15, -0.1) is 0 Å². The Morgan fingerprint density at radius 1 is 1.33 bits per heavy atom. The number of rotatable bonds is 8. The summed E-state index contributed by atoms with van der Waals surface area (Å²) < 4.78 is 10.7. The van der Waals surface area contributed by atoms with Gasteiger partial charge in [0.2, 0.25) is 5.89 Å².